The number of rotatable bonds is 13. The Kier molecular flexibility index (Phi) is 10.8. The average Bonchev–Trinajstić information content (AvgIpc) is 2.53. The van der Waals surface area contributed by atoms with E-state index in [2.05, 4.69) is 0 Å². The number of nitrogens with two attached hydrogens (primary N) is 1. The van der Waals surface area contributed by atoms with Gasteiger partial charge in [0.1, 0.15) is 13.2 Å². The predicted octanol–water partition coefficient (Wildman–Crippen LogP) is 3.23. The van der Waals surface area contributed by atoms with Gasteiger partial charge in [-0.3, -0.25) is 9.59 Å². The SMILES string of the molecule is CC(=N)CCC(=O)OCC(C)OC(C)COC(=O)CCC(C)(C)C(C)(C)N. The summed E-state index contributed by atoms with van der Waals surface area (Å²) in [5.41, 5.74) is 6.03. The van der Waals surface area contributed by atoms with Gasteiger partial charge in [-0.05, 0) is 52.9 Å². The van der Waals surface area contributed by atoms with Crippen LogP contribution < -0.4 is 5.73 Å². The molecule has 0 rings (SSSR count). The van der Waals surface area contributed by atoms with E-state index in [1.54, 1.807) is 20.8 Å². The van der Waals surface area contributed by atoms with Gasteiger partial charge in [-0.15, -0.1) is 0 Å². The maximum absolute atomic E-state index is 11.9. The first-order valence-corrected chi connectivity index (χ1v) is 9.54. The minimum absolute atomic E-state index is 0.133. The van der Waals surface area contributed by atoms with Gasteiger partial charge >= 0.3 is 11.9 Å². The van der Waals surface area contributed by atoms with Crippen molar-refractivity contribution < 1.29 is 23.8 Å². The quantitative estimate of drug-likeness (QED) is 0.371. The predicted molar refractivity (Wildman–Crippen MR) is 106 cm³/mol. The van der Waals surface area contributed by atoms with Crippen LogP contribution >= 0.6 is 0 Å². The molecule has 0 saturated heterocycles. The summed E-state index contributed by atoms with van der Waals surface area (Å²) in [5.74, 6) is -0.620. The Morgan fingerprint density at radius 2 is 1.37 bits per heavy atom. The van der Waals surface area contributed by atoms with Crippen LogP contribution in [-0.2, 0) is 23.8 Å². The zero-order chi connectivity index (χ0) is 21.3. The average molecular weight is 387 g/mol. The van der Waals surface area contributed by atoms with Crippen LogP contribution in [0, 0.1) is 10.8 Å². The molecule has 0 saturated carbocycles. The molecule has 0 aromatic heterocycles. The lowest BCUT2D eigenvalue weighted by Crippen LogP contribution is -2.47. The van der Waals surface area contributed by atoms with E-state index < -0.39 is 0 Å². The molecular weight excluding hydrogens is 348 g/mol. The van der Waals surface area contributed by atoms with E-state index in [9.17, 15) is 9.59 Å². The van der Waals surface area contributed by atoms with Crippen LogP contribution in [0.25, 0.3) is 0 Å². The first-order valence-electron chi connectivity index (χ1n) is 9.54. The van der Waals surface area contributed by atoms with Crippen LogP contribution in [0.1, 0.15) is 74.1 Å². The van der Waals surface area contributed by atoms with Crippen LogP contribution in [0.15, 0.2) is 0 Å². The third-order valence-electron chi connectivity index (χ3n) is 4.83. The van der Waals surface area contributed by atoms with E-state index in [4.69, 9.17) is 25.4 Å². The molecule has 0 heterocycles. The minimum Gasteiger partial charge on any atom is -0.463 e. The van der Waals surface area contributed by atoms with Crippen molar-refractivity contribution >= 4 is 17.7 Å². The van der Waals surface area contributed by atoms with E-state index in [1.807, 2.05) is 27.7 Å². The van der Waals surface area contributed by atoms with E-state index in [0.29, 0.717) is 25.0 Å². The summed E-state index contributed by atoms with van der Waals surface area (Å²) in [7, 11) is 0. The Morgan fingerprint density at radius 1 is 0.926 bits per heavy atom. The van der Waals surface area contributed by atoms with Gasteiger partial charge in [0.05, 0.1) is 18.6 Å². The summed E-state index contributed by atoms with van der Waals surface area (Å²) < 4.78 is 16.0. The van der Waals surface area contributed by atoms with Gasteiger partial charge in [0.2, 0.25) is 0 Å². The number of esters is 2. The van der Waals surface area contributed by atoms with Crippen molar-refractivity contribution in [3.63, 3.8) is 0 Å². The summed E-state index contributed by atoms with van der Waals surface area (Å²) in [5, 5.41) is 7.29. The standard InChI is InChI=1S/C20H38N2O5/c1-14(21)8-9-17(23)25-12-15(2)27-16(3)13-26-18(24)10-11-19(4,5)20(6,7)22/h15-16,21H,8-13,22H2,1-7H3. The van der Waals surface area contributed by atoms with E-state index in [-0.39, 0.29) is 54.7 Å². The maximum Gasteiger partial charge on any atom is 0.306 e. The molecule has 0 bridgehead atoms. The molecule has 0 aliphatic rings. The second-order valence-corrected chi connectivity index (χ2v) is 8.51. The molecule has 0 fully saturated rings. The third kappa shape index (κ3) is 11.8. The molecule has 7 heteroatoms. The second-order valence-electron chi connectivity index (χ2n) is 8.51. The van der Waals surface area contributed by atoms with Crippen molar-refractivity contribution in [1.29, 1.82) is 5.41 Å². The first kappa shape index (κ1) is 25.5. The molecule has 3 N–H and O–H groups in total. The zero-order valence-corrected chi connectivity index (χ0v) is 18.0. The van der Waals surface area contributed by atoms with Crippen LogP contribution in [0.3, 0.4) is 0 Å². The molecule has 27 heavy (non-hydrogen) atoms. The van der Waals surface area contributed by atoms with Crippen molar-refractivity contribution in [2.24, 2.45) is 11.1 Å². The molecule has 158 valence electrons. The first-order chi connectivity index (χ1) is 12.2. The van der Waals surface area contributed by atoms with Crippen LogP contribution in [-0.4, -0.2) is 48.6 Å². The van der Waals surface area contributed by atoms with Crippen molar-refractivity contribution in [3.8, 4) is 0 Å². The Labute approximate surface area is 163 Å². The fourth-order valence-electron chi connectivity index (χ4n) is 2.07. The van der Waals surface area contributed by atoms with Crippen molar-refractivity contribution in [2.75, 3.05) is 13.2 Å². The highest BCUT2D eigenvalue weighted by molar-refractivity contribution is 5.82. The molecule has 0 spiro atoms. The molecular formula is C20H38N2O5. The highest BCUT2D eigenvalue weighted by atomic mass is 16.6. The van der Waals surface area contributed by atoms with Gasteiger partial charge in [-0.2, -0.15) is 0 Å². The molecule has 0 aromatic rings. The van der Waals surface area contributed by atoms with Crippen molar-refractivity contribution in [1.82, 2.24) is 0 Å². The summed E-state index contributed by atoms with van der Waals surface area (Å²) >= 11 is 0. The zero-order valence-electron chi connectivity index (χ0n) is 18.0. The van der Waals surface area contributed by atoms with Crippen molar-refractivity contribution in [3.05, 3.63) is 0 Å². The van der Waals surface area contributed by atoms with Gasteiger partial charge in [-0.1, -0.05) is 13.8 Å². The Hall–Kier alpha value is -1.47. The van der Waals surface area contributed by atoms with E-state index in [1.165, 1.54) is 0 Å². The molecule has 0 aromatic carbocycles. The molecule has 0 aliphatic heterocycles. The number of hydrogen-bond acceptors (Lipinski definition) is 7. The minimum atomic E-state index is -0.381. The normalized spacial score (nSPS) is 14.4. The highest BCUT2D eigenvalue weighted by Crippen LogP contribution is 2.33. The lowest BCUT2D eigenvalue weighted by molar-refractivity contribution is -0.153. The summed E-state index contributed by atoms with van der Waals surface area (Å²) in [6.07, 6.45) is 0.946. The van der Waals surface area contributed by atoms with Crippen molar-refractivity contribution in [2.45, 2.75) is 91.9 Å². The van der Waals surface area contributed by atoms with Crippen LogP contribution in [0.4, 0.5) is 0 Å². The molecule has 0 aliphatic carbocycles. The fraction of sp³-hybridized carbons (Fsp3) is 0.850. The lowest BCUT2D eigenvalue weighted by Gasteiger charge is -2.38. The fourth-order valence-corrected chi connectivity index (χ4v) is 2.07. The number of nitrogens with one attached hydrogen (secondary N) is 1. The molecule has 7 nitrogen and oxygen atoms in total. The number of carbonyl (C=O) groups is 2. The van der Waals surface area contributed by atoms with E-state index in [0.717, 1.165) is 0 Å². The van der Waals surface area contributed by atoms with Gasteiger partial charge in [0.15, 0.2) is 0 Å². The van der Waals surface area contributed by atoms with Gasteiger partial charge < -0.3 is 25.4 Å². The molecule has 2 atom stereocenters. The van der Waals surface area contributed by atoms with Gasteiger partial charge in [0, 0.05) is 17.7 Å². The third-order valence-corrected chi connectivity index (χ3v) is 4.83. The topological polar surface area (TPSA) is 112 Å². The smallest absolute Gasteiger partial charge is 0.306 e. The Balaban J connectivity index is 4.04. The number of ether oxygens (including phenoxy) is 3. The maximum atomic E-state index is 11.9. The highest BCUT2D eigenvalue weighted by Gasteiger charge is 2.33. The Bertz CT molecular complexity index is 497. The summed E-state index contributed by atoms with van der Waals surface area (Å²) in [4.78, 5) is 23.5. The molecule has 2 unspecified atom stereocenters. The number of carbonyl (C=O) groups excluding carboxylic acids is 2. The van der Waals surface area contributed by atoms with Crippen LogP contribution in [0.5, 0.6) is 0 Å². The van der Waals surface area contributed by atoms with Gasteiger partial charge in [-0.25, -0.2) is 0 Å². The monoisotopic (exact) mass is 386 g/mol. The lowest BCUT2D eigenvalue weighted by atomic mass is 9.72. The number of hydrogen-bond donors (Lipinski definition) is 2. The molecule has 0 amide bonds. The molecule has 0 radical (unpaired) electrons. The Morgan fingerprint density at radius 3 is 1.78 bits per heavy atom. The second kappa shape index (κ2) is 11.4. The van der Waals surface area contributed by atoms with E-state index >= 15 is 0 Å². The van der Waals surface area contributed by atoms with Gasteiger partial charge in [0.25, 0.3) is 0 Å². The largest absolute Gasteiger partial charge is 0.463 e. The summed E-state index contributed by atoms with van der Waals surface area (Å²) in [6.45, 7) is 13.5. The van der Waals surface area contributed by atoms with Crippen LogP contribution in [0.2, 0.25) is 0 Å². The summed E-state index contributed by atoms with van der Waals surface area (Å²) in [6, 6.07) is 0.